The number of rotatable bonds is 5. The van der Waals surface area contributed by atoms with E-state index in [0.29, 0.717) is 18.9 Å². The molecule has 0 bridgehead atoms. The van der Waals surface area contributed by atoms with Crippen molar-refractivity contribution in [2.24, 2.45) is 11.8 Å². The van der Waals surface area contributed by atoms with Crippen LogP contribution in [0.25, 0.3) is 0 Å². The predicted molar refractivity (Wildman–Crippen MR) is 89.7 cm³/mol. The molecule has 1 atom stereocenters. The maximum atomic E-state index is 12.9. The summed E-state index contributed by atoms with van der Waals surface area (Å²) in [6.07, 6.45) is 3.53. The SMILES string of the molecule is CC(C)C[C@H](NC(=O)C1CC1)C(=O)N1CCc2ccccc2C1. The maximum absolute atomic E-state index is 12.9. The molecule has 3 rings (SSSR count). The van der Waals surface area contributed by atoms with Crippen molar-refractivity contribution in [1.29, 1.82) is 0 Å². The van der Waals surface area contributed by atoms with Gasteiger partial charge in [-0.2, -0.15) is 0 Å². The number of carbonyl (C=O) groups excluding carboxylic acids is 2. The Morgan fingerprint density at radius 3 is 2.57 bits per heavy atom. The molecule has 1 N–H and O–H groups in total. The zero-order chi connectivity index (χ0) is 16.4. The van der Waals surface area contributed by atoms with Gasteiger partial charge in [0.1, 0.15) is 6.04 Å². The molecule has 4 heteroatoms. The Labute approximate surface area is 138 Å². The Morgan fingerprint density at radius 2 is 1.91 bits per heavy atom. The molecular weight excluding hydrogens is 288 g/mol. The first-order valence-corrected chi connectivity index (χ1v) is 8.70. The molecule has 1 heterocycles. The van der Waals surface area contributed by atoms with Crippen LogP contribution in [-0.4, -0.2) is 29.3 Å². The van der Waals surface area contributed by atoms with E-state index in [1.807, 2.05) is 17.0 Å². The highest BCUT2D eigenvalue weighted by Crippen LogP contribution is 2.29. The van der Waals surface area contributed by atoms with Crippen molar-refractivity contribution >= 4 is 11.8 Å². The lowest BCUT2D eigenvalue weighted by atomic mass is 9.97. The molecule has 4 nitrogen and oxygen atoms in total. The Kier molecular flexibility index (Phi) is 4.69. The van der Waals surface area contributed by atoms with Gasteiger partial charge in [0.25, 0.3) is 0 Å². The summed E-state index contributed by atoms with van der Waals surface area (Å²) in [4.78, 5) is 26.9. The molecule has 1 aromatic rings. The molecule has 0 unspecified atom stereocenters. The Hall–Kier alpha value is -1.84. The number of hydrogen-bond acceptors (Lipinski definition) is 2. The molecule has 1 aliphatic heterocycles. The molecule has 0 radical (unpaired) electrons. The van der Waals surface area contributed by atoms with E-state index < -0.39 is 0 Å². The summed E-state index contributed by atoms with van der Waals surface area (Å²) in [6.45, 7) is 5.58. The van der Waals surface area contributed by atoms with E-state index in [1.165, 1.54) is 11.1 Å². The lowest BCUT2D eigenvalue weighted by molar-refractivity contribution is -0.138. The summed E-state index contributed by atoms with van der Waals surface area (Å²) in [5.41, 5.74) is 2.56. The van der Waals surface area contributed by atoms with E-state index in [4.69, 9.17) is 0 Å². The Balaban J connectivity index is 1.68. The fourth-order valence-electron chi connectivity index (χ4n) is 3.23. The zero-order valence-electron chi connectivity index (χ0n) is 14.0. The van der Waals surface area contributed by atoms with Gasteiger partial charge in [-0.15, -0.1) is 0 Å². The van der Waals surface area contributed by atoms with E-state index in [9.17, 15) is 9.59 Å². The number of hydrogen-bond donors (Lipinski definition) is 1. The number of amides is 2. The van der Waals surface area contributed by atoms with Gasteiger partial charge in [-0.25, -0.2) is 0 Å². The van der Waals surface area contributed by atoms with E-state index in [0.717, 1.165) is 25.8 Å². The fourth-order valence-corrected chi connectivity index (χ4v) is 3.23. The third-order valence-electron chi connectivity index (χ3n) is 4.71. The second-order valence-electron chi connectivity index (χ2n) is 7.24. The average molecular weight is 314 g/mol. The van der Waals surface area contributed by atoms with Crippen LogP contribution >= 0.6 is 0 Å². The van der Waals surface area contributed by atoms with Gasteiger partial charge in [-0.05, 0) is 42.7 Å². The van der Waals surface area contributed by atoms with Crippen LogP contribution in [0.15, 0.2) is 24.3 Å². The first-order valence-electron chi connectivity index (χ1n) is 8.70. The van der Waals surface area contributed by atoms with Crippen LogP contribution in [0.3, 0.4) is 0 Å². The number of benzene rings is 1. The Bertz CT molecular complexity index is 593. The highest BCUT2D eigenvalue weighted by atomic mass is 16.2. The van der Waals surface area contributed by atoms with Gasteiger partial charge in [-0.1, -0.05) is 38.1 Å². The van der Waals surface area contributed by atoms with Gasteiger partial charge in [0.15, 0.2) is 0 Å². The van der Waals surface area contributed by atoms with Crippen molar-refractivity contribution in [2.75, 3.05) is 6.54 Å². The second-order valence-corrected chi connectivity index (χ2v) is 7.24. The van der Waals surface area contributed by atoms with Gasteiger partial charge in [0, 0.05) is 19.0 Å². The van der Waals surface area contributed by atoms with E-state index >= 15 is 0 Å². The lowest BCUT2D eigenvalue weighted by Crippen LogP contribution is -2.50. The van der Waals surface area contributed by atoms with Gasteiger partial charge < -0.3 is 10.2 Å². The van der Waals surface area contributed by atoms with E-state index in [-0.39, 0.29) is 23.8 Å². The summed E-state index contributed by atoms with van der Waals surface area (Å²) >= 11 is 0. The summed E-state index contributed by atoms with van der Waals surface area (Å²) in [5.74, 6) is 0.642. The molecule has 0 saturated heterocycles. The van der Waals surface area contributed by atoms with Crippen LogP contribution in [-0.2, 0) is 22.6 Å². The maximum Gasteiger partial charge on any atom is 0.245 e. The van der Waals surface area contributed by atoms with Crippen molar-refractivity contribution in [2.45, 2.75) is 52.1 Å². The number of nitrogens with one attached hydrogen (secondary N) is 1. The van der Waals surface area contributed by atoms with Crippen LogP contribution in [0.1, 0.15) is 44.2 Å². The Morgan fingerprint density at radius 1 is 1.22 bits per heavy atom. The summed E-state index contributed by atoms with van der Waals surface area (Å²) in [7, 11) is 0. The van der Waals surface area contributed by atoms with Crippen molar-refractivity contribution in [1.82, 2.24) is 10.2 Å². The van der Waals surface area contributed by atoms with E-state index in [2.05, 4.69) is 31.3 Å². The highest BCUT2D eigenvalue weighted by Gasteiger charge is 2.34. The van der Waals surface area contributed by atoms with Crippen molar-refractivity contribution < 1.29 is 9.59 Å². The van der Waals surface area contributed by atoms with Crippen molar-refractivity contribution in [3.63, 3.8) is 0 Å². The molecule has 1 aliphatic carbocycles. The minimum atomic E-state index is -0.381. The smallest absolute Gasteiger partial charge is 0.245 e. The van der Waals surface area contributed by atoms with Crippen molar-refractivity contribution in [3.05, 3.63) is 35.4 Å². The molecule has 1 saturated carbocycles. The van der Waals surface area contributed by atoms with Crippen LogP contribution < -0.4 is 5.32 Å². The van der Waals surface area contributed by atoms with Crippen molar-refractivity contribution in [3.8, 4) is 0 Å². The summed E-state index contributed by atoms with van der Waals surface area (Å²) in [6, 6.07) is 7.92. The van der Waals surface area contributed by atoms with Gasteiger partial charge in [0.2, 0.25) is 11.8 Å². The molecule has 124 valence electrons. The minimum absolute atomic E-state index is 0.0569. The second kappa shape index (κ2) is 6.73. The van der Waals surface area contributed by atoms with Gasteiger partial charge >= 0.3 is 0 Å². The molecule has 0 aromatic heterocycles. The topological polar surface area (TPSA) is 49.4 Å². The largest absolute Gasteiger partial charge is 0.344 e. The average Bonchev–Trinajstić information content (AvgIpc) is 3.37. The third-order valence-corrected chi connectivity index (χ3v) is 4.71. The normalized spacial score (nSPS) is 18.5. The van der Waals surface area contributed by atoms with Gasteiger partial charge in [-0.3, -0.25) is 9.59 Å². The van der Waals surface area contributed by atoms with Crippen LogP contribution in [0.2, 0.25) is 0 Å². The molecule has 23 heavy (non-hydrogen) atoms. The molecule has 0 spiro atoms. The van der Waals surface area contributed by atoms with Crippen LogP contribution in [0, 0.1) is 11.8 Å². The fraction of sp³-hybridized carbons (Fsp3) is 0.579. The van der Waals surface area contributed by atoms with Gasteiger partial charge in [0.05, 0.1) is 0 Å². The minimum Gasteiger partial charge on any atom is -0.344 e. The molecule has 1 fully saturated rings. The molecular formula is C19H26N2O2. The lowest BCUT2D eigenvalue weighted by Gasteiger charge is -2.32. The van der Waals surface area contributed by atoms with Crippen LogP contribution in [0.4, 0.5) is 0 Å². The highest BCUT2D eigenvalue weighted by molar-refractivity contribution is 5.89. The van der Waals surface area contributed by atoms with E-state index in [1.54, 1.807) is 0 Å². The molecule has 2 amide bonds. The zero-order valence-corrected chi connectivity index (χ0v) is 14.0. The molecule has 2 aliphatic rings. The third kappa shape index (κ3) is 3.92. The number of fused-ring (bicyclic) bond motifs is 1. The van der Waals surface area contributed by atoms with Crippen LogP contribution in [0.5, 0.6) is 0 Å². The monoisotopic (exact) mass is 314 g/mol. The summed E-state index contributed by atoms with van der Waals surface area (Å²) < 4.78 is 0. The number of carbonyl (C=O) groups is 2. The summed E-state index contributed by atoms with van der Waals surface area (Å²) in [5, 5.41) is 3.00. The number of nitrogens with zero attached hydrogens (tertiary/aromatic N) is 1. The standard InChI is InChI=1S/C19H26N2O2/c1-13(2)11-17(20-18(22)15-7-8-15)19(23)21-10-9-14-5-3-4-6-16(14)12-21/h3-6,13,15,17H,7-12H2,1-2H3,(H,20,22)/t17-/m0/s1. The first kappa shape index (κ1) is 16.0. The predicted octanol–water partition coefficient (Wildman–Crippen LogP) is 2.51. The molecule has 1 aromatic carbocycles. The quantitative estimate of drug-likeness (QED) is 0.908. The first-order chi connectivity index (χ1) is 11.0.